The molecule has 1 atom stereocenters. The quantitative estimate of drug-likeness (QED) is 0.540. The molecule has 0 N–H and O–H groups in total. The molecule has 0 aromatic heterocycles. The predicted octanol–water partition coefficient (Wildman–Crippen LogP) is 3.13. The number of alkyl halides is 1. The summed E-state index contributed by atoms with van der Waals surface area (Å²) in [6, 6.07) is 10.7. The molecule has 96 valence electrons. The first-order valence-corrected chi connectivity index (χ1v) is 7.27. The Hall–Kier alpha value is -0.380. The van der Waals surface area contributed by atoms with Gasteiger partial charge in [-0.2, -0.15) is 0 Å². The van der Waals surface area contributed by atoms with Gasteiger partial charge in [0.1, 0.15) is 0 Å². The first-order chi connectivity index (χ1) is 8.27. The molecule has 0 saturated heterocycles. The monoisotopic (exact) mass is 299 g/mol. The minimum atomic E-state index is 0.544. The maximum absolute atomic E-state index is 5.37. The maximum Gasteiger partial charge on any atom is 0.0593 e. The van der Waals surface area contributed by atoms with Gasteiger partial charge in [0.25, 0.3) is 0 Å². The lowest BCUT2D eigenvalue weighted by molar-refractivity contribution is 0.121. The van der Waals surface area contributed by atoms with Crippen LogP contribution < -0.4 is 0 Å². The van der Waals surface area contributed by atoms with Gasteiger partial charge in [-0.05, 0) is 19.5 Å². The van der Waals surface area contributed by atoms with Gasteiger partial charge in [0.05, 0.1) is 6.61 Å². The standard InChI is InChI=1S/C14H22BrNO/c1-3-17-10-9-16(2)12-14(11-15)13-7-5-4-6-8-13/h4-8,14H,3,9-12H2,1-2H3. The molecule has 1 aromatic carbocycles. The van der Waals surface area contributed by atoms with Crippen LogP contribution in [0.5, 0.6) is 0 Å². The summed E-state index contributed by atoms with van der Waals surface area (Å²) in [4.78, 5) is 2.33. The lowest BCUT2D eigenvalue weighted by Crippen LogP contribution is -2.28. The highest BCUT2D eigenvalue weighted by atomic mass is 79.9. The number of likely N-dealkylation sites (N-methyl/N-ethyl adjacent to an activating group) is 1. The average Bonchev–Trinajstić information content (AvgIpc) is 2.37. The van der Waals surface area contributed by atoms with Gasteiger partial charge in [-0.15, -0.1) is 0 Å². The molecule has 0 saturated carbocycles. The van der Waals surface area contributed by atoms with Crippen LogP contribution in [-0.4, -0.2) is 43.6 Å². The molecule has 0 heterocycles. The van der Waals surface area contributed by atoms with E-state index in [1.54, 1.807) is 0 Å². The second kappa shape index (κ2) is 8.67. The van der Waals surface area contributed by atoms with E-state index in [9.17, 15) is 0 Å². The van der Waals surface area contributed by atoms with E-state index in [0.717, 1.165) is 31.6 Å². The van der Waals surface area contributed by atoms with Gasteiger partial charge in [-0.25, -0.2) is 0 Å². The van der Waals surface area contributed by atoms with Crippen molar-refractivity contribution in [3.63, 3.8) is 0 Å². The third-order valence-electron chi connectivity index (χ3n) is 2.81. The molecule has 0 aliphatic carbocycles. The van der Waals surface area contributed by atoms with Crippen LogP contribution in [0.4, 0.5) is 0 Å². The molecule has 0 aliphatic heterocycles. The number of hydrogen-bond acceptors (Lipinski definition) is 2. The molecule has 0 aliphatic rings. The smallest absolute Gasteiger partial charge is 0.0593 e. The van der Waals surface area contributed by atoms with Gasteiger partial charge < -0.3 is 9.64 Å². The van der Waals surface area contributed by atoms with Crippen molar-refractivity contribution in [3.05, 3.63) is 35.9 Å². The number of benzene rings is 1. The fourth-order valence-electron chi connectivity index (χ4n) is 1.80. The van der Waals surface area contributed by atoms with E-state index in [2.05, 4.69) is 58.2 Å². The van der Waals surface area contributed by atoms with Crippen LogP contribution in [0.15, 0.2) is 30.3 Å². The Morgan fingerprint density at radius 3 is 2.59 bits per heavy atom. The molecule has 0 bridgehead atoms. The SMILES string of the molecule is CCOCCN(C)CC(CBr)c1ccccc1. The van der Waals surface area contributed by atoms with Crippen molar-refractivity contribution in [1.82, 2.24) is 4.90 Å². The largest absolute Gasteiger partial charge is 0.380 e. The maximum atomic E-state index is 5.37. The minimum Gasteiger partial charge on any atom is -0.380 e. The summed E-state index contributed by atoms with van der Waals surface area (Å²) in [5.74, 6) is 0.544. The second-order valence-corrected chi connectivity index (χ2v) is 4.87. The summed E-state index contributed by atoms with van der Waals surface area (Å²) in [5.41, 5.74) is 1.40. The molecular formula is C14H22BrNO. The fourth-order valence-corrected chi connectivity index (χ4v) is 2.38. The van der Waals surface area contributed by atoms with Crippen LogP contribution in [-0.2, 0) is 4.74 Å². The van der Waals surface area contributed by atoms with E-state index in [1.165, 1.54) is 5.56 Å². The lowest BCUT2D eigenvalue weighted by Gasteiger charge is -2.22. The Labute approximate surface area is 113 Å². The summed E-state index contributed by atoms with van der Waals surface area (Å²) < 4.78 is 5.37. The topological polar surface area (TPSA) is 12.5 Å². The van der Waals surface area contributed by atoms with Crippen molar-refractivity contribution >= 4 is 15.9 Å². The molecule has 1 aromatic rings. The number of rotatable bonds is 8. The minimum absolute atomic E-state index is 0.544. The van der Waals surface area contributed by atoms with E-state index in [-0.39, 0.29) is 0 Å². The number of halogens is 1. The van der Waals surface area contributed by atoms with Gasteiger partial charge in [0.15, 0.2) is 0 Å². The van der Waals surface area contributed by atoms with Crippen molar-refractivity contribution in [2.24, 2.45) is 0 Å². The van der Waals surface area contributed by atoms with Gasteiger partial charge >= 0.3 is 0 Å². The molecule has 0 spiro atoms. The van der Waals surface area contributed by atoms with Crippen LogP contribution in [0.3, 0.4) is 0 Å². The van der Waals surface area contributed by atoms with Crippen molar-refractivity contribution in [2.75, 3.05) is 38.7 Å². The van der Waals surface area contributed by atoms with Crippen LogP contribution in [0.1, 0.15) is 18.4 Å². The molecule has 3 heteroatoms. The lowest BCUT2D eigenvalue weighted by atomic mass is 10.0. The Bertz CT molecular complexity index is 292. The number of ether oxygens (including phenoxy) is 1. The molecule has 17 heavy (non-hydrogen) atoms. The number of hydrogen-bond donors (Lipinski definition) is 0. The van der Waals surface area contributed by atoms with E-state index in [1.807, 2.05) is 6.92 Å². The van der Waals surface area contributed by atoms with Crippen molar-refractivity contribution in [1.29, 1.82) is 0 Å². The van der Waals surface area contributed by atoms with Crippen molar-refractivity contribution in [2.45, 2.75) is 12.8 Å². The van der Waals surface area contributed by atoms with Gasteiger partial charge in [0, 0.05) is 30.9 Å². The highest BCUT2D eigenvalue weighted by molar-refractivity contribution is 9.09. The van der Waals surface area contributed by atoms with Crippen LogP contribution >= 0.6 is 15.9 Å². The van der Waals surface area contributed by atoms with Gasteiger partial charge in [0.2, 0.25) is 0 Å². The summed E-state index contributed by atoms with van der Waals surface area (Å²) >= 11 is 3.60. The first-order valence-electron chi connectivity index (χ1n) is 6.15. The summed E-state index contributed by atoms with van der Waals surface area (Å²) in [5, 5.41) is 0.996. The highest BCUT2D eigenvalue weighted by Gasteiger charge is 2.12. The normalized spacial score (nSPS) is 12.9. The third-order valence-corrected chi connectivity index (χ3v) is 3.59. The molecule has 2 nitrogen and oxygen atoms in total. The molecular weight excluding hydrogens is 278 g/mol. The Kier molecular flexibility index (Phi) is 7.49. The van der Waals surface area contributed by atoms with E-state index < -0.39 is 0 Å². The van der Waals surface area contributed by atoms with E-state index in [4.69, 9.17) is 4.74 Å². The zero-order valence-electron chi connectivity index (χ0n) is 10.7. The molecule has 0 amide bonds. The molecule has 0 radical (unpaired) electrons. The number of nitrogens with zero attached hydrogens (tertiary/aromatic N) is 1. The predicted molar refractivity (Wildman–Crippen MR) is 77.0 cm³/mol. The molecule has 1 unspecified atom stereocenters. The molecule has 0 fully saturated rings. The second-order valence-electron chi connectivity index (χ2n) is 4.22. The zero-order valence-corrected chi connectivity index (χ0v) is 12.3. The van der Waals surface area contributed by atoms with Gasteiger partial charge in [-0.3, -0.25) is 0 Å². The highest BCUT2D eigenvalue weighted by Crippen LogP contribution is 2.18. The van der Waals surface area contributed by atoms with Crippen LogP contribution in [0.25, 0.3) is 0 Å². The third kappa shape index (κ3) is 5.66. The van der Waals surface area contributed by atoms with Crippen molar-refractivity contribution in [3.8, 4) is 0 Å². The summed E-state index contributed by atoms with van der Waals surface area (Å²) in [7, 11) is 2.15. The zero-order chi connectivity index (χ0) is 12.5. The Balaban J connectivity index is 2.41. The Morgan fingerprint density at radius 2 is 2.00 bits per heavy atom. The average molecular weight is 300 g/mol. The molecule has 1 rings (SSSR count). The van der Waals surface area contributed by atoms with Crippen molar-refractivity contribution < 1.29 is 4.74 Å². The summed E-state index contributed by atoms with van der Waals surface area (Å²) in [6.45, 7) is 5.70. The van der Waals surface area contributed by atoms with Crippen LogP contribution in [0, 0.1) is 0 Å². The fraction of sp³-hybridized carbons (Fsp3) is 0.571. The van der Waals surface area contributed by atoms with Gasteiger partial charge in [-0.1, -0.05) is 46.3 Å². The summed E-state index contributed by atoms with van der Waals surface area (Å²) in [6.07, 6.45) is 0. The van der Waals surface area contributed by atoms with E-state index in [0.29, 0.717) is 5.92 Å². The first kappa shape index (κ1) is 14.7. The van der Waals surface area contributed by atoms with E-state index >= 15 is 0 Å². The van der Waals surface area contributed by atoms with Crippen LogP contribution in [0.2, 0.25) is 0 Å². The Morgan fingerprint density at radius 1 is 1.29 bits per heavy atom.